The fourth-order valence-electron chi connectivity index (χ4n) is 2.05. The summed E-state index contributed by atoms with van der Waals surface area (Å²) in [4.78, 5) is 15.1. The molecule has 2 rings (SSSR count). The maximum Gasteiger partial charge on any atom is 0.240 e. The van der Waals surface area contributed by atoms with E-state index in [0.29, 0.717) is 13.0 Å². The van der Waals surface area contributed by atoms with Gasteiger partial charge in [-0.3, -0.25) is 4.79 Å². The standard InChI is InChI=1S/C16H15BrN2OS/c1-19(10-15-8-14(17)11-21-15)16(20)13(9-18)7-12-5-3-2-4-6-12/h2-6,8,11,13H,7,10H2,1H3. The number of nitriles is 1. The third-order valence-corrected chi connectivity index (χ3v) is 4.81. The Morgan fingerprint density at radius 3 is 2.71 bits per heavy atom. The van der Waals surface area contributed by atoms with E-state index in [9.17, 15) is 10.1 Å². The van der Waals surface area contributed by atoms with Gasteiger partial charge in [0.05, 0.1) is 12.6 Å². The zero-order chi connectivity index (χ0) is 15.2. The Morgan fingerprint density at radius 2 is 2.14 bits per heavy atom. The molecule has 0 saturated heterocycles. The minimum atomic E-state index is -0.638. The van der Waals surface area contributed by atoms with Gasteiger partial charge in [-0.15, -0.1) is 11.3 Å². The summed E-state index contributed by atoms with van der Waals surface area (Å²) in [6.45, 7) is 0.530. The highest BCUT2D eigenvalue weighted by atomic mass is 79.9. The van der Waals surface area contributed by atoms with E-state index in [4.69, 9.17) is 0 Å². The van der Waals surface area contributed by atoms with Crippen LogP contribution in [0.1, 0.15) is 10.4 Å². The van der Waals surface area contributed by atoms with E-state index < -0.39 is 5.92 Å². The average Bonchev–Trinajstić information content (AvgIpc) is 2.90. The molecule has 0 aliphatic heterocycles. The van der Waals surface area contributed by atoms with Crippen LogP contribution in [-0.2, 0) is 17.8 Å². The highest BCUT2D eigenvalue weighted by Crippen LogP contribution is 2.21. The van der Waals surface area contributed by atoms with Crippen LogP contribution in [0.5, 0.6) is 0 Å². The molecule has 0 aliphatic rings. The summed E-state index contributed by atoms with van der Waals surface area (Å²) in [5, 5.41) is 11.3. The quantitative estimate of drug-likeness (QED) is 0.810. The molecule has 0 N–H and O–H groups in total. The molecule has 1 amide bonds. The van der Waals surface area contributed by atoms with Gasteiger partial charge in [0.25, 0.3) is 0 Å². The normalized spacial score (nSPS) is 11.7. The second-order valence-electron chi connectivity index (χ2n) is 4.80. The van der Waals surface area contributed by atoms with Gasteiger partial charge < -0.3 is 4.90 Å². The number of hydrogen-bond acceptors (Lipinski definition) is 3. The van der Waals surface area contributed by atoms with Crippen molar-refractivity contribution in [3.63, 3.8) is 0 Å². The lowest BCUT2D eigenvalue weighted by Gasteiger charge is -2.19. The van der Waals surface area contributed by atoms with Crippen molar-refractivity contribution >= 4 is 33.2 Å². The van der Waals surface area contributed by atoms with Crippen molar-refractivity contribution in [1.82, 2.24) is 4.90 Å². The van der Waals surface area contributed by atoms with Crippen LogP contribution in [0.15, 0.2) is 46.3 Å². The monoisotopic (exact) mass is 362 g/mol. The Labute approximate surface area is 136 Å². The lowest BCUT2D eigenvalue weighted by Crippen LogP contribution is -2.32. The highest BCUT2D eigenvalue weighted by Gasteiger charge is 2.22. The molecule has 0 radical (unpaired) electrons. The van der Waals surface area contributed by atoms with Gasteiger partial charge in [0, 0.05) is 21.8 Å². The van der Waals surface area contributed by atoms with Gasteiger partial charge in [-0.25, -0.2) is 0 Å². The number of rotatable bonds is 5. The van der Waals surface area contributed by atoms with E-state index >= 15 is 0 Å². The van der Waals surface area contributed by atoms with E-state index in [-0.39, 0.29) is 5.91 Å². The summed E-state index contributed by atoms with van der Waals surface area (Å²) in [6, 6.07) is 13.8. The minimum absolute atomic E-state index is 0.133. The number of benzene rings is 1. The Kier molecular flexibility index (Phi) is 5.54. The van der Waals surface area contributed by atoms with Crippen LogP contribution < -0.4 is 0 Å². The second kappa shape index (κ2) is 7.39. The van der Waals surface area contributed by atoms with Crippen LogP contribution in [0.4, 0.5) is 0 Å². The number of carbonyl (C=O) groups excluding carboxylic acids is 1. The molecule has 1 unspecified atom stereocenters. The maximum atomic E-state index is 12.4. The van der Waals surface area contributed by atoms with Crippen LogP contribution in [0, 0.1) is 17.2 Å². The molecule has 0 saturated carbocycles. The maximum absolute atomic E-state index is 12.4. The first-order valence-corrected chi connectivity index (χ1v) is 8.19. The van der Waals surface area contributed by atoms with Gasteiger partial charge in [0.2, 0.25) is 5.91 Å². The van der Waals surface area contributed by atoms with Gasteiger partial charge in [-0.2, -0.15) is 5.26 Å². The minimum Gasteiger partial charge on any atom is -0.339 e. The Balaban J connectivity index is 2.01. The molecule has 0 fully saturated rings. The molecule has 0 spiro atoms. The fourth-order valence-corrected chi connectivity index (χ4v) is 3.56. The first-order chi connectivity index (χ1) is 10.1. The van der Waals surface area contributed by atoms with Crippen molar-refractivity contribution in [2.75, 3.05) is 7.05 Å². The predicted octanol–water partition coefficient (Wildman–Crippen LogP) is 3.85. The van der Waals surface area contributed by atoms with Crippen molar-refractivity contribution in [1.29, 1.82) is 5.26 Å². The summed E-state index contributed by atoms with van der Waals surface area (Å²) in [6.07, 6.45) is 0.453. The van der Waals surface area contributed by atoms with Crippen LogP contribution in [0.25, 0.3) is 0 Å². The highest BCUT2D eigenvalue weighted by molar-refractivity contribution is 9.10. The number of halogens is 1. The number of amides is 1. The van der Waals surface area contributed by atoms with E-state index in [2.05, 4.69) is 22.0 Å². The average molecular weight is 363 g/mol. The lowest BCUT2D eigenvalue weighted by atomic mass is 9.99. The number of carbonyl (C=O) groups is 1. The molecular formula is C16H15BrN2OS. The van der Waals surface area contributed by atoms with Gasteiger partial charge in [0.1, 0.15) is 5.92 Å². The van der Waals surface area contributed by atoms with Crippen molar-refractivity contribution in [2.45, 2.75) is 13.0 Å². The zero-order valence-corrected chi connectivity index (χ0v) is 14.0. The summed E-state index contributed by atoms with van der Waals surface area (Å²) < 4.78 is 1.02. The van der Waals surface area contributed by atoms with Crippen molar-refractivity contribution in [3.8, 4) is 6.07 Å². The molecule has 3 nitrogen and oxygen atoms in total. The number of hydrogen-bond donors (Lipinski definition) is 0. The van der Waals surface area contributed by atoms with Crippen molar-refractivity contribution < 1.29 is 4.79 Å². The fraction of sp³-hybridized carbons (Fsp3) is 0.250. The van der Waals surface area contributed by atoms with Gasteiger partial charge in [-0.1, -0.05) is 30.3 Å². The molecule has 1 atom stereocenters. The first-order valence-electron chi connectivity index (χ1n) is 6.51. The Hall–Kier alpha value is -1.64. The summed E-state index contributed by atoms with van der Waals surface area (Å²) in [7, 11) is 1.74. The van der Waals surface area contributed by atoms with Gasteiger partial charge >= 0.3 is 0 Å². The van der Waals surface area contributed by atoms with E-state index in [1.165, 1.54) is 0 Å². The molecule has 108 valence electrons. The molecule has 1 aromatic carbocycles. The third-order valence-electron chi connectivity index (χ3n) is 3.13. The topological polar surface area (TPSA) is 44.1 Å². The second-order valence-corrected chi connectivity index (χ2v) is 6.71. The first kappa shape index (κ1) is 15.7. The van der Waals surface area contributed by atoms with Crippen LogP contribution in [-0.4, -0.2) is 17.9 Å². The zero-order valence-electron chi connectivity index (χ0n) is 11.6. The molecule has 0 bridgehead atoms. The van der Waals surface area contributed by atoms with Crippen molar-refractivity contribution in [2.24, 2.45) is 5.92 Å². The Bertz CT molecular complexity index is 648. The summed E-state index contributed by atoms with van der Waals surface area (Å²) in [5.41, 5.74) is 1.00. The molecule has 0 aliphatic carbocycles. The third kappa shape index (κ3) is 4.42. The Morgan fingerprint density at radius 1 is 1.43 bits per heavy atom. The molecule has 1 heterocycles. The van der Waals surface area contributed by atoms with Crippen LogP contribution in [0.3, 0.4) is 0 Å². The molecule has 21 heavy (non-hydrogen) atoms. The molecule has 2 aromatic rings. The lowest BCUT2D eigenvalue weighted by molar-refractivity contribution is -0.132. The largest absolute Gasteiger partial charge is 0.339 e. The SMILES string of the molecule is CN(Cc1cc(Br)cs1)C(=O)C(C#N)Cc1ccccc1. The predicted molar refractivity (Wildman–Crippen MR) is 87.7 cm³/mol. The molecular weight excluding hydrogens is 348 g/mol. The van der Waals surface area contributed by atoms with Gasteiger partial charge in [0.15, 0.2) is 0 Å². The smallest absolute Gasteiger partial charge is 0.240 e. The van der Waals surface area contributed by atoms with E-state index in [0.717, 1.165) is 14.9 Å². The van der Waals surface area contributed by atoms with Crippen LogP contribution >= 0.6 is 27.3 Å². The number of thiophene rings is 1. The van der Waals surface area contributed by atoms with Crippen LogP contribution in [0.2, 0.25) is 0 Å². The van der Waals surface area contributed by atoms with E-state index in [1.807, 2.05) is 41.8 Å². The van der Waals surface area contributed by atoms with Gasteiger partial charge in [-0.05, 0) is 34.0 Å². The summed E-state index contributed by atoms with van der Waals surface area (Å²) >= 11 is 5.00. The number of nitrogens with zero attached hydrogens (tertiary/aromatic N) is 2. The molecule has 5 heteroatoms. The molecule has 1 aromatic heterocycles. The van der Waals surface area contributed by atoms with Crippen molar-refractivity contribution in [3.05, 3.63) is 56.7 Å². The van der Waals surface area contributed by atoms with E-state index in [1.54, 1.807) is 23.3 Å². The summed E-state index contributed by atoms with van der Waals surface area (Å²) in [5.74, 6) is -0.772.